The maximum absolute atomic E-state index is 14.2. The molecule has 19 heteroatoms. The van der Waals surface area contributed by atoms with Crippen LogP contribution in [0.4, 0.5) is 0 Å². The Kier molecular flexibility index (Phi) is 24.1. The molecule has 7 N–H and O–H groups in total. The van der Waals surface area contributed by atoms with Crippen molar-refractivity contribution in [2.75, 3.05) is 27.7 Å². The van der Waals surface area contributed by atoms with Gasteiger partial charge in [-0.15, -0.1) is 0 Å². The number of carbonyl (C=O) groups excluding carboxylic acids is 7. The lowest BCUT2D eigenvalue weighted by Gasteiger charge is -2.34. The molecule has 0 radical (unpaired) electrons. The molecule has 0 bridgehead atoms. The van der Waals surface area contributed by atoms with E-state index in [0.29, 0.717) is 30.6 Å². The highest BCUT2D eigenvalue weighted by Gasteiger charge is 2.43. The first-order chi connectivity index (χ1) is 31.8. The van der Waals surface area contributed by atoms with Crippen LogP contribution in [-0.2, 0) is 49.5 Å². The molecule has 0 aromatic heterocycles. The van der Waals surface area contributed by atoms with Crippen LogP contribution in [0.25, 0.3) is 0 Å². The van der Waals surface area contributed by atoms with Crippen molar-refractivity contribution in [3.63, 3.8) is 0 Å². The number of esters is 1. The molecule has 0 spiro atoms. The van der Waals surface area contributed by atoms with Gasteiger partial charge >= 0.3 is 11.9 Å². The van der Waals surface area contributed by atoms with E-state index in [1.807, 2.05) is 34.6 Å². The molecule has 0 aliphatic carbocycles. The molecule has 2 rings (SSSR count). The molecule has 19 nitrogen and oxygen atoms in total. The van der Waals surface area contributed by atoms with E-state index in [2.05, 4.69) is 21.3 Å². The van der Waals surface area contributed by atoms with Crippen LogP contribution in [0, 0.1) is 29.6 Å². The predicted octanol–water partition coefficient (Wildman–Crippen LogP) is 2.23. The number of rotatable bonds is 28. The third kappa shape index (κ3) is 17.1. The van der Waals surface area contributed by atoms with Crippen molar-refractivity contribution in [1.82, 2.24) is 31.1 Å². The van der Waals surface area contributed by atoms with Gasteiger partial charge in [0.15, 0.2) is 11.9 Å². The molecule has 1 aromatic rings. The maximum atomic E-state index is 14.2. The van der Waals surface area contributed by atoms with E-state index >= 15 is 0 Å². The summed E-state index contributed by atoms with van der Waals surface area (Å²) in [7, 11) is 4.51. The summed E-state index contributed by atoms with van der Waals surface area (Å²) in [5, 5.41) is 42.9. The number of carboxylic acids is 1. The summed E-state index contributed by atoms with van der Waals surface area (Å²) in [5.41, 5.74) is 0.663. The summed E-state index contributed by atoms with van der Waals surface area (Å²) in [4.78, 5) is 111. The Morgan fingerprint density at radius 1 is 0.824 bits per heavy atom. The van der Waals surface area contributed by atoms with Gasteiger partial charge in [-0.25, -0.2) is 4.79 Å². The zero-order chi connectivity index (χ0) is 51.7. The molecule has 5 amide bonds. The van der Waals surface area contributed by atoms with Gasteiger partial charge < -0.3 is 55.9 Å². The fourth-order valence-electron chi connectivity index (χ4n) is 8.24. The van der Waals surface area contributed by atoms with Crippen LogP contribution in [0.15, 0.2) is 24.3 Å². The number of hydrogen-bond acceptors (Lipinski definition) is 13. The highest BCUT2D eigenvalue weighted by molar-refractivity contribution is 6.05. The quantitative estimate of drug-likeness (QED) is 0.0469. The largest absolute Gasteiger partial charge is 0.497 e. The van der Waals surface area contributed by atoms with E-state index in [4.69, 9.17) is 9.47 Å². The lowest BCUT2D eigenvalue weighted by molar-refractivity contribution is -0.162. The number of aliphatic hydroxyl groups is 2. The highest BCUT2D eigenvalue weighted by Crippen LogP contribution is 2.25. The normalized spacial score (nSPS) is 18.3. The monoisotopic (exact) mass is 961 g/mol. The minimum absolute atomic E-state index is 0.00815. The van der Waals surface area contributed by atoms with E-state index < -0.39 is 126 Å². The number of methoxy groups -OCH3 is 1. The van der Waals surface area contributed by atoms with Crippen molar-refractivity contribution in [1.29, 1.82) is 0 Å². The third-order valence-electron chi connectivity index (χ3n) is 12.6. The second-order valence-corrected chi connectivity index (χ2v) is 19.4. The van der Waals surface area contributed by atoms with Crippen molar-refractivity contribution < 1.29 is 63.1 Å². The van der Waals surface area contributed by atoms with Gasteiger partial charge in [-0.05, 0) is 87.9 Å². The molecule has 68 heavy (non-hydrogen) atoms. The number of carboxylic acid groups (broad SMARTS) is 1. The first kappa shape index (κ1) is 59.0. The van der Waals surface area contributed by atoms with Crippen LogP contribution >= 0.6 is 0 Å². The Bertz CT molecular complexity index is 1860. The van der Waals surface area contributed by atoms with E-state index in [1.54, 1.807) is 52.1 Å². The fourth-order valence-corrected chi connectivity index (χ4v) is 8.24. The number of hydrogen-bond donors (Lipinski definition) is 7. The summed E-state index contributed by atoms with van der Waals surface area (Å²) in [6.45, 7) is 17.2. The lowest BCUT2D eigenvalue weighted by atomic mass is 9.91. The number of ketones is 1. The molecular formula is C49H80N6O13. The number of Topliss-reactive ketones (excluding diaryl/α,β-unsaturated/α-hetero) is 1. The molecule has 1 fully saturated rings. The van der Waals surface area contributed by atoms with Crippen molar-refractivity contribution in [2.45, 2.75) is 169 Å². The van der Waals surface area contributed by atoms with E-state index in [0.717, 1.165) is 4.90 Å². The van der Waals surface area contributed by atoms with Crippen molar-refractivity contribution >= 4 is 47.3 Å². The first-order valence-corrected chi connectivity index (χ1v) is 23.9. The fraction of sp³-hybridized carbons (Fsp3) is 0.714. The number of amides is 5. The number of aliphatic hydroxyl groups excluding tert-OH is 2. The second kappa shape index (κ2) is 27.8. The standard InChI is InChI=1S/C49H80N6O13/c1-14-29(8)40(52-46(62)41(31(10)56)53-45(61)34(50-11)22-26(2)3)38(57)25-39(58)68-43(28(6)7)42(59)30(9)44(60)51-35(23-27(4)5)47(63)55-21-15-16-36(55)48(64)54(12)37(49(65)66)24-32-17-19-33(67-13)20-18-32/h17-20,26-31,34-38,40-41,43,50,56-57H,14-16,21-25H2,1-13H3,(H,51,60)(H,52,62)(H,53,61)(H,65,66)/t29?,30-,31+,34-,35-,36-,37-,38-,40?,41-,43?/m0/s1. The van der Waals surface area contributed by atoms with Gasteiger partial charge in [0.25, 0.3) is 0 Å². The summed E-state index contributed by atoms with van der Waals surface area (Å²) in [6, 6.07) is 0.388. The molecule has 0 saturated carbocycles. The second-order valence-electron chi connectivity index (χ2n) is 19.4. The van der Waals surface area contributed by atoms with Gasteiger partial charge in [-0.3, -0.25) is 33.6 Å². The van der Waals surface area contributed by atoms with Gasteiger partial charge in [-0.2, -0.15) is 0 Å². The van der Waals surface area contributed by atoms with Crippen molar-refractivity contribution in [2.24, 2.45) is 29.6 Å². The Morgan fingerprint density at radius 3 is 1.91 bits per heavy atom. The smallest absolute Gasteiger partial charge is 0.326 e. The Labute approximate surface area is 402 Å². The number of likely N-dealkylation sites (N-methyl/N-ethyl adjacent to an activating group) is 2. The molecule has 1 aliphatic heterocycles. The molecule has 1 aliphatic rings. The Hall–Kier alpha value is -5.14. The van der Waals surface area contributed by atoms with Crippen molar-refractivity contribution in [3.8, 4) is 5.75 Å². The number of carbonyl (C=O) groups is 8. The number of ether oxygens (including phenoxy) is 2. The molecule has 384 valence electrons. The molecular weight excluding hydrogens is 881 g/mol. The van der Waals surface area contributed by atoms with Crippen LogP contribution in [0.2, 0.25) is 0 Å². The topological polar surface area (TPSA) is 270 Å². The molecule has 1 saturated heterocycles. The van der Waals surface area contributed by atoms with Gasteiger partial charge in [0.1, 0.15) is 29.9 Å². The SMILES string of the molecule is CCC(C)C(NC(=O)[C@@H](NC(=O)[C@H](CC(C)C)NC)[C@@H](C)O)[C@@H](O)CC(=O)OC(C(=O)[C@H](C)C(=O)N[C@@H](CC(C)C)C(=O)N1CCC[C@H]1C(=O)N(C)[C@@H](Cc1ccc(OC)cc1)C(=O)O)C(C)C. The van der Waals surface area contributed by atoms with Crippen molar-refractivity contribution in [3.05, 3.63) is 29.8 Å². The number of nitrogens with zero attached hydrogens (tertiary/aromatic N) is 2. The summed E-state index contributed by atoms with van der Waals surface area (Å²) < 4.78 is 10.8. The van der Waals surface area contributed by atoms with Gasteiger partial charge in [0.05, 0.1) is 43.7 Å². The molecule has 11 atom stereocenters. The Balaban J connectivity index is 2.22. The van der Waals surface area contributed by atoms with E-state index in [1.165, 1.54) is 32.9 Å². The zero-order valence-corrected chi connectivity index (χ0v) is 42.4. The van der Waals surface area contributed by atoms with Crippen LogP contribution < -0.4 is 26.0 Å². The lowest BCUT2D eigenvalue weighted by Crippen LogP contribution is -2.60. The summed E-state index contributed by atoms with van der Waals surface area (Å²) in [6.07, 6.45) is -3.09. The average Bonchev–Trinajstić information content (AvgIpc) is 3.78. The summed E-state index contributed by atoms with van der Waals surface area (Å²) in [5.74, 6) is -7.98. The number of nitrogens with one attached hydrogen (secondary N) is 4. The summed E-state index contributed by atoms with van der Waals surface area (Å²) >= 11 is 0. The van der Waals surface area contributed by atoms with Crippen LogP contribution in [-0.4, -0.2) is 155 Å². The van der Waals surface area contributed by atoms with Crippen LogP contribution in [0.5, 0.6) is 5.75 Å². The molecule has 1 aromatic carbocycles. The number of benzene rings is 1. The van der Waals surface area contributed by atoms with Gasteiger partial charge in [0, 0.05) is 20.0 Å². The van der Waals surface area contributed by atoms with Gasteiger partial charge in [0.2, 0.25) is 29.5 Å². The minimum atomic E-state index is -1.52. The van der Waals surface area contributed by atoms with E-state index in [-0.39, 0.29) is 37.6 Å². The van der Waals surface area contributed by atoms with E-state index in [9.17, 15) is 53.7 Å². The zero-order valence-electron chi connectivity index (χ0n) is 42.4. The molecule has 3 unspecified atom stereocenters. The Morgan fingerprint density at radius 2 is 1.41 bits per heavy atom. The predicted molar refractivity (Wildman–Crippen MR) is 254 cm³/mol. The first-order valence-electron chi connectivity index (χ1n) is 23.9. The third-order valence-corrected chi connectivity index (χ3v) is 12.6. The average molecular weight is 961 g/mol. The van der Waals surface area contributed by atoms with Crippen LogP contribution in [0.1, 0.15) is 113 Å². The highest BCUT2D eigenvalue weighted by atomic mass is 16.5. The number of likely N-dealkylation sites (tertiary alicyclic amines) is 1. The van der Waals surface area contributed by atoms with Gasteiger partial charge in [-0.1, -0.05) is 73.9 Å². The minimum Gasteiger partial charge on any atom is -0.497 e. The molecule has 1 heterocycles. The number of aliphatic carboxylic acids is 1. The van der Waals surface area contributed by atoms with Crippen LogP contribution in [0.3, 0.4) is 0 Å². The maximum Gasteiger partial charge on any atom is 0.326 e.